The smallest absolute Gasteiger partial charge is 0.316 e. The van der Waals surface area contributed by atoms with Gasteiger partial charge in [0.25, 0.3) is 0 Å². The summed E-state index contributed by atoms with van der Waals surface area (Å²) in [6, 6.07) is 11.6. The summed E-state index contributed by atoms with van der Waals surface area (Å²) in [5, 5.41) is 8.09. The van der Waals surface area contributed by atoms with E-state index in [2.05, 4.69) is 16.0 Å². The molecule has 0 fully saturated rings. The van der Waals surface area contributed by atoms with Crippen molar-refractivity contribution in [1.82, 2.24) is 5.32 Å². The molecule has 9 heteroatoms. The highest BCUT2D eigenvalue weighted by Gasteiger charge is 2.29. The molecule has 4 amide bonds. The summed E-state index contributed by atoms with van der Waals surface area (Å²) in [4.78, 5) is 36.1. The summed E-state index contributed by atoms with van der Waals surface area (Å²) in [5.41, 5.74) is 7.15. The van der Waals surface area contributed by atoms with E-state index in [1.165, 1.54) is 11.8 Å². The monoisotopic (exact) mass is 404 g/mol. The van der Waals surface area contributed by atoms with Crippen molar-refractivity contribution in [3.8, 4) is 0 Å². The number of hydrogen-bond donors (Lipinski definition) is 4. The van der Waals surface area contributed by atoms with Crippen molar-refractivity contribution in [1.29, 1.82) is 0 Å². The number of amides is 4. The second-order valence-electron chi connectivity index (χ2n) is 5.90. The van der Waals surface area contributed by atoms with Gasteiger partial charge in [0.1, 0.15) is 0 Å². The number of fused-ring (bicyclic) bond motifs is 1. The van der Waals surface area contributed by atoms with E-state index in [1.54, 1.807) is 36.4 Å². The van der Waals surface area contributed by atoms with Gasteiger partial charge in [0, 0.05) is 28.6 Å². The maximum atomic E-state index is 12.2. The number of rotatable bonds is 5. The fourth-order valence-corrected chi connectivity index (χ4v) is 3.81. The molecule has 140 valence electrons. The highest BCUT2D eigenvalue weighted by Crippen LogP contribution is 2.38. The SMILES string of the molecule is NC(=O)Nc1ccc(CNC(=O)CC2Sc3ccc(Cl)cc3NC2=O)cc1. The quantitative estimate of drug-likeness (QED) is 0.613. The maximum absolute atomic E-state index is 12.2. The Kier molecular flexibility index (Phi) is 5.88. The Morgan fingerprint density at radius 1 is 1.19 bits per heavy atom. The summed E-state index contributed by atoms with van der Waals surface area (Å²) in [6.07, 6.45) is 0.0693. The number of carbonyl (C=O) groups is 3. The van der Waals surface area contributed by atoms with Gasteiger partial charge in [0.15, 0.2) is 0 Å². The third kappa shape index (κ3) is 5.15. The minimum absolute atomic E-state index is 0.0693. The van der Waals surface area contributed by atoms with Gasteiger partial charge in [-0.3, -0.25) is 9.59 Å². The number of primary amides is 1. The zero-order valence-electron chi connectivity index (χ0n) is 14.1. The van der Waals surface area contributed by atoms with Crippen LogP contribution < -0.4 is 21.7 Å². The molecule has 7 nitrogen and oxygen atoms in total. The molecule has 1 aliphatic heterocycles. The fraction of sp³-hybridized carbons (Fsp3) is 0.167. The van der Waals surface area contributed by atoms with Crippen molar-refractivity contribution in [2.24, 2.45) is 5.73 Å². The molecule has 0 radical (unpaired) electrons. The lowest BCUT2D eigenvalue weighted by molar-refractivity contribution is -0.124. The number of benzene rings is 2. The average Bonchev–Trinajstić information content (AvgIpc) is 2.61. The Labute approximate surface area is 165 Å². The molecule has 27 heavy (non-hydrogen) atoms. The lowest BCUT2D eigenvalue weighted by atomic mass is 10.2. The molecule has 2 aromatic carbocycles. The molecule has 0 spiro atoms. The molecule has 1 aliphatic rings. The van der Waals surface area contributed by atoms with Gasteiger partial charge in [-0.2, -0.15) is 0 Å². The molecule has 0 aromatic heterocycles. The van der Waals surface area contributed by atoms with Gasteiger partial charge < -0.3 is 21.7 Å². The number of halogens is 1. The first-order chi connectivity index (χ1) is 12.9. The van der Waals surface area contributed by atoms with Crippen LogP contribution in [0.5, 0.6) is 0 Å². The Bertz CT molecular complexity index is 889. The van der Waals surface area contributed by atoms with Crippen LogP contribution in [0.15, 0.2) is 47.4 Å². The average molecular weight is 405 g/mol. The zero-order valence-corrected chi connectivity index (χ0v) is 15.7. The Morgan fingerprint density at radius 3 is 2.63 bits per heavy atom. The summed E-state index contributed by atoms with van der Waals surface area (Å²) in [7, 11) is 0. The molecular weight excluding hydrogens is 388 g/mol. The number of carbonyl (C=O) groups excluding carboxylic acids is 3. The second-order valence-corrected chi connectivity index (χ2v) is 7.58. The van der Waals surface area contributed by atoms with Crippen molar-refractivity contribution in [2.45, 2.75) is 23.1 Å². The molecular formula is C18H17ClN4O3S. The largest absolute Gasteiger partial charge is 0.352 e. The number of hydrogen-bond acceptors (Lipinski definition) is 4. The molecule has 0 saturated carbocycles. The molecule has 0 aliphatic carbocycles. The highest BCUT2D eigenvalue weighted by molar-refractivity contribution is 8.01. The zero-order chi connectivity index (χ0) is 19.4. The first-order valence-corrected chi connectivity index (χ1v) is 9.35. The molecule has 1 unspecified atom stereocenters. The van der Waals surface area contributed by atoms with Crippen molar-refractivity contribution >= 4 is 52.6 Å². The normalized spacial score (nSPS) is 15.4. The van der Waals surface area contributed by atoms with Gasteiger partial charge in [0.2, 0.25) is 11.8 Å². The molecule has 0 saturated heterocycles. The molecule has 5 N–H and O–H groups in total. The van der Waals surface area contributed by atoms with Crippen LogP contribution in [0, 0.1) is 0 Å². The van der Waals surface area contributed by atoms with Crippen LogP contribution in [0.25, 0.3) is 0 Å². The van der Waals surface area contributed by atoms with Crippen molar-refractivity contribution < 1.29 is 14.4 Å². The Morgan fingerprint density at radius 2 is 1.93 bits per heavy atom. The molecule has 2 aromatic rings. The van der Waals surface area contributed by atoms with Crippen LogP contribution in [0.2, 0.25) is 5.02 Å². The topological polar surface area (TPSA) is 113 Å². The lowest BCUT2D eigenvalue weighted by Gasteiger charge is -2.23. The van der Waals surface area contributed by atoms with Gasteiger partial charge in [-0.1, -0.05) is 23.7 Å². The van der Waals surface area contributed by atoms with Gasteiger partial charge in [-0.15, -0.1) is 11.8 Å². The van der Waals surface area contributed by atoms with Crippen LogP contribution in [0.4, 0.5) is 16.2 Å². The van der Waals surface area contributed by atoms with E-state index in [0.717, 1.165) is 10.5 Å². The van der Waals surface area contributed by atoms with Gasteiger partial charge in [0.05, 0.1) is 10.9 Å². The first-order valence-electron chi connectivity index (χ1n) is 8.10. The number of anilines is 2. The maximum Gasteiger partial charge on any atom is 0.316 e. The van der Waals surface area contributed by atoms with Crippen LogP contribution in [0.3, 0.4) is 0 Å². The molecule has 1 atom stereocenters. The van der Waals surface area contributed by atoms with Gasteiger partial charge >= 0.3 is 6.03 Å². The van der Waals surface area contributed by atoms with Crippen LogP contribution >= 0.6 is 23.4 Å². The molecule has 0 bridgehead atoms. The first kappa shape index (κ1) is 19.1. The summed E-state index contributed by atoms with van der Waals surface area (Å²) in [6.45, 7) is 0.320. The van der Waals surface area contributed by atoms with Crippen LogP contribution in [-0.2, 0) is 16.1 Å². The van der Waals surface area contributed by atoms with Crippen molar-refractivity contribution in [3.63, 3.8) is 0 Å². The number of nitrogens with one attached hydrogen (secondary N) is 3. The van der Waals surface area contributed by atoms with Crippen molar-refractivity contribution in [2.75, 3.05) is 10.6 Å². The highest BCUT2D eigenvalue weighted by atomic mass is 35.5. The van der Waals surface area contributed by atoms with Gasteiger partial charge in [-0.05, 0) is 35.9 Å². The van der Waals surface area contributed by atoms with Crippen LogP contribution in [-0.4, -0.2) is 23.1 Å². The van der Waals surface area contributed by atoms with E-state index in [0.29, 0.717) is 22.9 Å². The number of urea groups is 1. The van der Waals surface area contributed by atoms with E-state index in [1.807, 2.05) is 6.07 Å². The molecule has 1 heterocycles. The fourth-order valence-electron chi connectivity index (χ4n) is 2.55. The second kappa shape index (κ2) is 8.32. The number of thioether (sulfide) groups is 1. The van der Waals surface area contributed by atoms with Crippen molar-refractivity contribution in [3.05, 3.63) is 53.1 Å². The summed E-state index contributed by atoms with van der Waals surface area (Å²) < 4.78 is 0. The van der Waals surface area contributed by atoms with E-state index in [9.17, 15) is 14.4 Å². The third-order valence-corrected chi connectivity index (χ3v) is 5.35. The lowest BCUT2D eigenvalue weighted by Crippen LogP contribution is -2.34. The Balaban J connectivity index is 1.52. The van der Waals surface area contributed by atoms with Gasteiger partial charge in [-0.25, -0.2) is 4.79 Å². The number of nitrogens with two attached hydrogens (primary N) is 1. The van der Waals surface area contributed by atoms with E-state index >= 15 is 0 Å². The van der Waals surface area contributed by atoms with E-state index in [-0.39, 0.29) is 18.2 Å². The van der Waals surface area contributed by atoms with E-state index in [4.69, 9.17) is 17.3 Å². The standard InChI is InChI=1S/C18H17ClN4O3S/c19-11-3-6-14-13(7-11)23-17(25)15(27-14)8-16(24)21-9-10-1-4-12(5-2-10)22-18(20)26/h1-7,15H,8-9H2,(H,21,24)(H,23,25)(H3,20,22,26). The Hall–Kier alpha value is -2.71. The van der Waals surface area contributed by atoms with Crippen LogP contribution in [0.1, 0.15) is 12.0 Å². The predicted molar refractivity (Wildman–Crippen MR) is 106 cm³/mol. The minimum atomic E-state index is -0.636. The third-order valence-electron chi connectivity index (χ3n) is 3.84. The minimum Gasteiger partial charge on any atom is -0.352 e. The van der Waals surface area contributed by atoms with E-state index < -0.39 is 11.3 Å². The molecule has 3 rings (SSSR count). The summed E-state index contributed by atoms with van der Waals surface area (Å²) >= 11 is 7.28. The summed E-state index contributed by atoms with van der Waals surface area (Å²) in [5.74, 6) is -0.439. The predicted octanol–water partition coefficient (Wildman–Crippen LogP) is 2.95.